The van der Waals surface area contributed by atoms with Crippen LogP contribution in [0.15, 0.2) is 43.0 Å². The summed E-state index contributed by atoms with van der Waals surface area (Å²) in [5.41, 5.74) is 5.37. The number of imidazole rings is 1. The second kappa shape index (κ2) is 8.42. The number of nitrogens with one attached hydrogen (secondary N) is 2. The highest BCUT2D eigenvalue weighted by molar-refractivity contribution is 6.33. The second-order valence-electron chi connectivity index (χ2n) is 7.32. The molecule has 0 atom stereocenters. The molecular weight excluding hydrogens is 414 g/mol. The number of nitrogens with zero attached hydrogens (tertiary/aromatic N) is 2. The van der Waals surface area contributed by atoms with Gasteiger partial charge in [0, 0.05) is 36.9 Å². The largest absolute Gasteiger partial charge is 0.507 e. The van der Waals surface area contributed by atoms with E-state index in [4.69, 9.17) is 5.73 Å². The first-order chi connectivity index (χ1) is 15.4. The molecule has 6 N–H and O–H groups in total. The first-order valence-electron chi connectivity index (χ1n) is 9.91. The van der Waals surface area contributed by atoms with Crippen LogP contribution in [0.1, 0.15) is 38.3 Å². The van der Waals surface area contributed by atoms with Crippen molar-refractivity contribution < 1.29 is 24.6 Å². The van der Waals surface area contributed by atoms with Crippen LogP contribution in [0.5, 0.6) is 11.5 Å². The quantitative estimate of drug-likeness (QED) is 0.165. The maximum Gasteiger partial charge on any atom is 0.239 e. The Hall–Kier alpha value is -4.34. The molecule has 1 heterocycles. The molecule has 0 saturated carbocycles. The van der Waals surface area contributed by atoms with Crippen LogP contribution >= 0.6 is 0 Å². The SMILES string of the molecule is Nc1ccc(O)c2c1C(=O)c1c(O)ccc(NCC(=O)NCCCn3ccnc3)c1C2=O. The summed E-state index contributed by atoms with van der Waals surface area (Å²) in [5.74, 6) is -2.42. The van der Waals surface area contributed by atoms with Gasteiger partial charge in [0.2, 0.25) is 17.5 Å². The first-order valence-corrected chi connectivity index (χ1v) is 9.91. The minimum atomic E-state index is -0.673. The van der Waals surface area contributed by atoms with Gasteiger partial charge in [-0.1, -0.05) is 0 Å². The van der Waals surface area contributed by atoms with Crippen molar-refractivity contribution in [2.45, 2.75) is 13.0 Å². The van der Waals surface area contributed by atoms with Gasteiger partial charge < -0.3 is 31.1 Å². The van der Waals surface area contributed by atoms with Gasteiger partial charge in [-0.2, -0.15) is 0 Å². The predicted molar refractivity (Wildman–Crippen MR) is 116 cm³/mol. The van der Waals surface area contributed by atoms with Crippen molar-refractivity contribution in [3.63, 3.8) is 0 Å². The van der Waals surface area contributed by atoms with Crippen LogP contribution in [-0.2, 0) is 11.3 Å². The number of rotatable bonds is 7. The van der Waals surface area contributed by atoms with E-state index in [0.717, 1.165) is 0 Å². The van der Waals surface area contributed by atoms with Gasteiger partial charge in [-0.3, -0.25) is 14.4 Å². The van der Waals surface area contributed by atoms with Crippen molar-refractivity contribution in [1.82, 2.24) is 14.9 Å². The molecule has 1 amide bonds. The summed E-state index contributed by atoms with van der Waals surface area (Å²) in [6, 6.07) is 5.22. The average molecular weight is 435 g/mol. The van der Waals surface area contributed by atoms with Crippen molar-refractivity contribution in [1.29, 1.82) is 0 Å². The highest BCUT2D eigenvalue weighted by atomic mass is 16.3. The van der Waals surface area contributed by atoms with Gasteiger partial charge in [0.15, 0.2) is 0 Å². The minimum Gasteiger partial charge on any atom is -0.507 e. The normalized spacial score (nSPS) is 12.2. The van der Waals surface area contributed by atoms with E-state index < -0.39 is 11.6 Å². The second-order valence-corrected chi connectivity index (χ2v) is 7.32. The molecule has 0 fully saturated rings. The van der Waals surface area contributed by atoms with E-state index >= 15 is 0 Å². The van der Waals surface area contributed by atoms with Crippen LogP contribution in [0.3, 0.4) is 0 Å². The number of aryl methyl sites for hydroxylation is 1. The summed E-state index contributed by atoms with van der Waals surface area (Å²) < 4.78 is 1.90. The summed E-state index contributed by atoms with van der Waals surface area (Å²) in [6.07, 6.45) is 5.92. The Morgan fingerprint density at radius 1 is 1.00 bits per heavy atom. The van der Waals surface area contributed by atoms with Crippen molar-refractivity contribution in [3.8, 4) is 11.5 Å². The molecular formula is C22H21N5O5. The maximum atomic E-state index is 13.1. The van der Waals surface area contributed by atoms with Crippen LogP contribution in [0.2, 0.25) is 0 Å². The minimum absolute atomic E-state index is 0.0228. The van der Waals surface area contributed by atoms with Crippen LogP contribution in [0, 0.1) is 0 Å². The molecule has 32 heavy (non-hydrogen) atoms. The summed E-state index contributed by atoms with van der Waals surface area (Å²) in [4.78, 5) is 42.3. The van der Waals surface area contributed by atoms with E-state index in [1.807, 2.05) is 10.8 Å². The molecule has 3 aromatic rings. The Bertz CT molecular complexity index is 1220. The van der Waals surface area contributed by atoms with Crippen molar-refractivity contribution in [2.75, 3.05) is 24.1 Å². The molecule has 0 bridgehead atoms. The molecule has 164 valence electrons. The number of amides is 1. The lowest BCUT2D eigenvalue weighted by atomic mass is 9.81. The summed E-state index contributed by atoms with van der Waals surface area (Å²) in [7, 11) is 0. The number of anilines is 2. The molecule has 0 aliphatic heterocycles. The van der Waals surface area contributed by atoms with Gasteiger partial charge in [-0.25, -0.2) is 4.98 Å². The zero-order valence-corrected chi connectivity index (χ0v) is 17.0. The third kappa shape index (κ3) is 3.73. The van der Waals surface area contributed by atoms with Crippen molar-refractivity contribution >= 4 is 28.8 Å². The molecule has 1 aliphatic rings. The third-order valence-corrected chi connectivity index (χ3v) is 5.22. The number of benzene rings is 2. The van der Waals surface area contributed by atoms with Crippen LogP contribution < -0.4 is 16.4 Å². The van der Waals surface area contributed by atoms with Crippen LogP contribution in [-0.4, -0.2) is 50.3 Å². The fourth-order valence-electron chi connectivity index (χ4n) is 3.68. The lowest BCUT2D eigenvalue weighted by molar-refractivity contribution is -0.119. The average Bonchev–Trinajstić information content (AvgIpc) is 3.29. The number of phenolic OH excluding ortho intramolecular Hbond substituents is 2. The molecule has 10 nitrogen and oxygen atoms in total. The Morgan fingerprint density at radius 3 is 2.41 bits per heavy atom. The number of aromatic nitrogens is 2. The number of hydrogen-bond acceptors (Lipinski definition) is 8. The Kier molecular flexibility index (Phi) is 5.50. The number of hydrogen-bond donors (Lipinski definition) is 5. The van der Waals surface area contributed by atoms with E-state index in [1.54, 1.807) is 12.5 Å². The zero-order valence-electron chi connectivity index (χ0n) is 17.0. The van der Waals surface area contributed by atoms with Crippen LogP contribution in [0.4, 0.5) is 11.4 Å². The highest BCUT2D eigenvalue weighted by Crippen LogP contribution is 2.41. The lowest BCUT2D eigenvalue weighted by Gasteiger charge is -2.23. The Morgan fingerprint density at radius 2 is 1.69 bits per heavy atom. The van der Waals surface area contributed by atoms with E-state index in [1.165, 1.54) is 24.3 Å². The molecule has 0 radical (unpaired) electrons. The Balaban J connectivity index is 1.49. The van der Waals surface area contributed by atoms with Crippen molar-refractivity contribution in [3.05, 3.63) is 65.2 Å². The summed E-state index contributed by atoms with van der Waals surface area (Å²) >= 11 is 0. The monoisotopic (exact) mass is 435 g/mol. The zero-order chi connectivity index (χ0) is 22.8. The summed E-state index contributed by atoms with van der Waals surface area (Å²) in [5, 5.41) is 26.1. The van der Waals surface area contributed by atoms with Gasteiger partial charge in [-0.05, 0) is 30.7 Å². The molecule has 2 aromatic carbocycles. The van der Waals surface area contributed by atoms with Crippen LogP contribution in [0.25, 0.3) is 0 Å². The number of ketones is 2. The standard InChI is InChI=1S/C22H21N5O5/c23-12-2-4-14(28)19-17(12)21(31)20-15(29)5-3-13(18(20)22(19)32)26-10-16(30)25-6-1-8-27-9-7-24-11-27/h2-5,7,9,11,26,28-29H,1,6,8,10,23H2,(H,25,30). The number of carbonyl (C=O) groups excluding carboxylic acids is 3. The molecule has 1 aromatic heterocycles. The van der Waals surface area contributed by atoms with E-state index in [-0.39, 0.29) is 57.6 Å². The maximum absolute atomic E-state index is 13.1. The lowest BCUT2D eigenvalue weighted by Crippen LogP contribution is -2.32. The number of carbonyl (C=O) groups is 3. The van der Waals surface area contributed by atoms with Gasteiger partial charge in [0.05, 0.1) is 35.1 Å². The summed E-state index contributed by atoms with van der Waals surface area (Å²) in [6.45, 7) is 1.01. The van der Waals surface area contributed by atoms with Gasteiger partial charge in [-0.15, -0.1) is 0 Å². The Labute approximate surface area is 182 Å². The van der Waals surface area contributed by atoms with E-state index in [2.05, 4.69) is 15.6 Å². The molecule has 10 heteroatoms. The molecule has 4 rings (SSSR count). The number of aromatic hydroxyl groups is 2. The fraction of sp³-hybridized carbons (Fsp3) is 0.182. The van der Waals surface area contributed by atoms with Gasteiger partial charge >= 0.3 is 0 Å². The fourth-order valence-corrected chi connectivity index (χ4v) is 3.68. The third-order valence-electron chi connectivity index (χ3n) is 5.22. The molecule has 0 saturated heterocycles. The van der Waals surface area contributed by atoms with E-state index in [0.29, 0.717) is 19.5 Å². The van der Waals surface area contributed by atoms with Gasteiger partial charge in [0.1, 0.15) is 11.5 Å². The number of nitrogens with two attached hydrogens (primary N) is 1. The highest BCUT2D eigenvalue weighted by Gasteiger charge is 2.37. The smallest absolute Gasteiger partial charge is 0.239 e. The number of nitrogen functional groups attached to an aromatic ring is 1. The number of phenols is 2. The first kappa shape index (κ1) is 20.9. The molecule has 1 aliphatic carbocycles. The van der Waals surface area contributed by atoms with E-state index in [9.17, 15) is 24.6 Å². The predicted octanol–water partition coefficient (Wildman–Crippen LogP) is 1.27. The molecule has 0 spiro atoms. The molecule has 0 unspecified atom stereocenters. The van der Waals surface area contributed by atoms with Gasteiger partial charge in [0.25, 0.3) is 0 Å². The topological polar surface area (TPSA) is 160 Å². The number of fused-ring (bicyclic) bond motifs is 2. The van der Waals surface area contributed by atoms with Crippen molar-refractivity contribution in [2.24, 2.45) is 0 Å².